The molecule has 142 valence electrons. The average Bonchev–Trinajstić information content (AvgIpc) is 3.13. The lowest BCUT2D eigenvalue weighted by atomic mass is 9.64. The monoisotopic (exact) mass is 366 g/mol. The zero-order chi connectivity index (χ0) is 18.7. The second kappa shape index (κ2) is 7.81. The summed E-state index contributed by atoms with van der Waals surface area (Å²) in [5.41, 5.74) is 2.66. The van der Waals surface area contributed by atoms with Crippen molar-refractivity contribution in [3.05, 3.63) is 71.0 Å². The number of benzene rings is 2. The highest BCUT2D eigenvalue weighted by atomic mass is 19.1. The summed E-state index contributed by atoms with van der Waals surface area (Å²) in [6.07, 6.45) is 5.19. The third kappa shape index (κ3) is 3.91. The molecule has 2 aromatic carbocycles. The maximum atomic E-state index is 13.6. The average molecular weight is 366 g/mol. The first-order valence-electron chi connectivity index (χ1n) is 10.0. The highest BCUT2D eigenvalue weighted by Gasteiger charge is 2.45. The fourth-order valence-corrected chi connectivity index (χ4v) is 4.28. The van der Waals surface area contributed by atoms with Gasteiger partial charge in [-0.3, -0.25) is 9.69 Å². The van der Waals surface area contributed by atoms with Crippen molar-refractivity contribution in [2.45, 2.75) is 50.6 Å². The first-order valence-corrected chi connectivity index (χ1v) is 10.0. The fourth-order valence-electron chi connectivity index (χ4n) is 4.28. The summed E-state index contributed by atoms with van der Waals surface area (Å²) in [5, 5.41) is 3.08. The molecule has 1 saturated heterocycles. The Labute approximate surface area is 160 Å². The van der Waals surface area contributed by atoms with E-state index in [2.05, 4.69) is 34.5 Å². The topological polar surface area (TPSA) is 32.3 Å². The molecular formula is C23H27FN2O. The number of halogens is 1. The quantitative estimate of drug-likeness (QED) is 0.833. The number of hydrogen-bond donors (Lipinski definition) is 1. The molecule has 0 atom stereocenters. The highest BCUT2D eigenvalue weighted by molar-refractivity contribution is 5.89. The van der Waals surface area contributed by atoms with Crippen molar-refractivity contribution >= 4 is 5.91 Å². The fraction of sp³-hybridized carbons (Fsp3) is 0.435. The van der Waals surface area contributed by atoms with Crippen LogP contribution in [-0.4, -0.2) is 23.9 Å². The van der Waals surface area contributed by atoms with Gasteiger partial charge in [0.05, 0.1) is 5.41 Å². The Bertz CT molecular complexity index is 792. The van der Waals surface area contributed by atoms with E-state index in [1.54, 1.807) is 6.07 Å². The maximum Gasteiger partial charge on any atom is 0.230 e. The Morgan fingerprint density at radius 3 is 2.33 bits per heavy atom. The second-order valence-electron chi connectivity index (χ2n) is 7.93. The summed E-state index contributed by atoms with van der Waals surface area (Å²) in [7, 11) is 0. The molecule has 1 aliphatic carbocycles. The summed E-state index contributed by atoms with van der Waals surface area (Å²) in [6.45, 7) is 3.91. The van der Waals surface area contributed by atoms with E-state index < -0.39 is 5.41 Å². The number of rotatable bonds is 6. The molecule has 0 unspecified atom stereocenters. The van der Waals surface area contributed by atoms with Gasteiger partial charge in [-0.05, 0) is 67.6 Å². The molecule has 1 amide bonds. The molecule has 1 heterocycles. The van der Waals surface area contributed by atoms with Crippen LogP contribution in [0.3, 0.4) is 0 Å². The standard InChI is InChI=1S/C23H27FN2O/c24-21-6-3-5-20(15-21)23(11-4-12-23)22(27)25-16-18-7-9-19(10-8-18)17-26-13-1-2-14-26/h3,5-10,15H,1-2,4,11-14,16-17H2,(H,25,27). The van der Waals surface area contributed by atoms with Gasteiger partial charge in [0, 0.05) is 13.1 Å². The van der Waals surface area contributed by atoms with Gasteiger partial charge in [-0.2, -0.15) is 0 Å². The van der Waals surface area contributed by atoms with Gasteiger partial charge in [-0.1, -0.05) is 42.8 Å². The van der Waals surface area contributed by atoms with Gasteiger partial charge >= 0.3 is 0 Å². The number of carbonyl (C=O) groups is 1. The number of nitrogens with one attached hydrogen (secondary N) is 1. The zero-order valence-electron chi connectivity index (χ0n) is 15.7. The van der Waals surface area contributed by atoms with E-state index in [1.807, 2.05) is 6.07 Å². The Morgan fingerprint density at radius 1 is 1.00 bits per heavy atom. The van der Waals surface area contributed by atoms with Crippen LogP contribution < -0.4 is 5.32 Å². The van der Waals surface area contributed by atoms with E-state index in [-0.39, 0.29) is 11.7 Å². The predicted molar refractivity (Wildman–Crippen MR) is 105 cm³/mol. The van der Waals surface area contributed by atoms with Crippen LogP contribution in [0.4, 0.5) is 4.39 Å². The van der Waals surface area contributed by atoms with Crippen LogP contribution >= 0.6 is 0 Å². The highest BCUT2D eigenvalue weighted by Crippen LogP contribution is 2.44. The molecule has 27 heavy (non-hydrogen) atoms. The molecule has 0 bridgehead atoms. The molecule has 0 aromatic heterocycles. The van der Waals surface area contributed by atoms with Crippen molar-refractivity contribution in [2.24, 2.45) is 0 Å². The first kappa shape index (κ1) is 18.2. The Kier molecular flexibility index (Phi) is 5.26. The largest absolute Gasteiger partial charge is 0.351 e. The molecule has 1 N–H and O–H groups in total. The van der Waals surface area contributed by atoms with Crippen LogP contribution in [0, 0.1) is 5.82 Å². The van der Waals surface area contributed by atoms with Crippen LogP contribution in [0.15, 0.2) is 48.5 Å². The summed E-state index contributed by atoms with van der Waals surface area (Å²) < 4.78 is 13.6. The number of hydrogen-bond acceptors (Lipinski definition) is 2. The Morgan fingerprint density at radius 2 is 1.70 bits per heavy atom. The van der Waals surface area contributed by atoms with Gasteiger partial charge in [0.1, 0.15) is 5.82 Å². The van der Waals surface area contributed by atoms with E-state index in [0.29, 0.717) is 6.54 Å². The van der Waals surface area contributed by atoms with Gasteiger partial charge < -0.3 is 5.32 Å². The van der Waals surface area contributed by atoms with Crippen LogP contribution in [0.2, 0.25) is 0 Å². The van der Waals surface area contributed by atoms with Crippen LogP contribution in [0.25, 0.3) is 0 Å². The summed E-state index contributed by atoms with van der Waals surface area (Å²) in [5.74, 6) is -0.263. The van der Waals surface area contributed by atoms with E-state index in [4.69, 9.17) is 0 Å². The van der Waals surface area contributed by atoms with E-state index in [0.717, 1.165) is 36.9 Å². The molecule has 2 fully saturated rings. The first-order chi connectivity index (χ1) is 13.2. The van der Waals surface area contributed by atoms with E-state index in [9.17, 15) is 9.18 Å². The van der Waals surface area contributed by atoms with Crippen molar-refractivity contribution in [1.82, 2.24) is 10.2 Å². The van der Waals surface area contributed by atoms with Crippen molar-refractivity contribution < 1.29 is 9.18 Å². The molecular weight excluding hydrogens is 339 g/mol. The van der Waals surface area contributed by atoms with Crippen LogP contribution in [-0.2, 0) is 23.3 Å². The van der Waals surface area contributed by atoms with E-state index in [1.165, 1.54) is 43.6 Å². The number of carbonyl (C=O) groups excluding carboxylic acids is 1. The smallest absolute Gasteiger partial charge is 0.230 e. The maximum absolute atomic E-state index is 13.6. The number of amides is 1. The molecule has 1 saturated carbocycles. The zero-order valence-corrected chi connectivity index (χ0v) is 15.7. The third-order valence-electron chi connectivity index (χ3n) is 6.10. The van der Waals surface area contributed by atoms with Gasteiger partial charge in [-0.25, -0.2) is 4.39 Å². The third-order valence-corrected chi connectivity index (χ3v) is 6.10. The summed E-state index contributed by atoms with van der Waals surface area (Å²) in [6, 6.07) is 15.0. The van der Waals surface area contributed by atoms with Gasteiger partial charge in [-0.15, -0.1) is 0 Å². The lowest BCUT2D eigenvalue weighted by Crippen LogP contribution is -2.49. The molecule has 1 aliphatic heterocycles. The lowest BCUT2D eigenvalue weighted by Gasteiger charge is -2.40. The number of likely N-dealkylation sites (tertiary alicyclic amines) is 1. The molecule has 2 aromatic rings. The van der Waals surface area contributed by atoms with Crippen LogP contribution in [0.5, 0.6) is 0 Å². The molecule has 2 aliphatic rings. The second-order valence-corrected chi connectivity index (χ2v) is 7.93. The minimum absolute atomic E-state index is 0.0143. The number of nitrogens with zero attached hydrogens (tertiary/aromatic N) is 1. The van der Waals surface area contributed by atoms with Crippen LogP contribution in [0.1, 0.15) is 48.8 Å². The van der Waals surface area contributed by atoms with Crippen molar-refractivity contribution in [3.63, 3.8) is 0 Å². The van der Waals surface area contributed by atoms with Gasteiger partial charge in [0.2, 0.25) is 5.91 Å². The minimum Gasteiger partial charge on any atom is -0.351 e. The van der Waals surface area contributed by atoms with Gasteiger partial charge in [0.25, 0.3) is 0 Å². The van der Waals surface area contributed by atoms with E-state index >= 15 is 0 Å². The SMILES string of the molecule is O=C(NCc1ccc(CN2CCCC2)cc1)C1(c2cccc(F)c2)CCC1. The Hall–Kier alpha value is -2.20. The lowest BCUT2D eigenvalue weighted by molar-refractivity contribution is -0.130. The summed E-state index contributed by atoms with van der Waals surface area (Å²) in [4.78, 5) is 15.4. The van der Waals surface area contributed by atoms with Crippen molar-refractivity contribution in [1.29, 1.82) is 0 Å². The molecule has 4 rings (SSSR count). The molecule has 0 spiro atoms. The predicted octanol–water partition coefficient (Wildman–Crippen LogP) is 4.16. The summed E-state index contributed by atoms with van der Waals surface area (Å²) >= 11 is 0. The minimum atomic E-state index is -0.558. The van der Waals surface area contributed by atoms with Crippen molar-refractivity contribution in [2.75, 3.05) is 13.1 Å². The Balaban J connectivity index is 1.37. The molecule has 4 heteroatoms. The molecule has 0 radical (unpaired) electrons. The van der Waals surface area contributed by atoms with Crippen molar-refractivity contribution in [3.8, 4) is 0 Å². The molecule has 3 nitrogen and oxygen atoms in total. The normalized spacial score (nSPS) is 18.9. The van der Waals surface area contributed by atoms with Gasteiger partial charge in [0.15, 0.2) is 0 Å².